The molecular weight excluding hydrogens is 270 g/mol. The topological polar surface area (TPSA) is 75.4 Å². The van der Waals surface area contributed by atoms with E-state index < -0.39 is 17.5 Å². The highest BCUT2D eigenvalue weighted by Gasteiger charge is 2.16. The summed E-state index contributed by atoms with van der Waals surface area (Å²) in [4.78, 5) is 9.88. The zero-order chi connectivity index (χ0) is 13.7. The number of nitrogens with zero attached hydrogens (tertiary/aromatic N) is 1. The Labute approximate surface area is 107 Å². The van der Waals surface area contributed by atoms with Crippen molar-refractivity contribution in [3.63, 3.8) is 0 Å². The molecule has 0 aliphatic rings. The summed E-state index contributed by atoms with van der Waals surface area (Å²) < 4.78 is 24.0. The van der Waals surface area contributed by atoms with E-state index in [0.29, 0.717) is 5.56 Å². The van der Waals surface area contributed by atoms with Gasteiger partial charge in [0.15, 0.2) is 0 Å². The standard InChI is InChI=1S/C10H11ClF2N2O3/c11-8-3-7(15(17)18)2-1-6(8)4-14-5-9(16)10(12)13/h1-3,9-10,14,16H,4-5H2. The van der Waals surface area contributed by atoms with E-state index in [0.717, 1.165) is 0 Å². The zero-order valence-electron chi connectivity index (χ0n) is 9.15. The van der Waals surface area contributed by atoms with E-state index in [9.17, 15) is 18.9 Å². The van der Waals surface area contributed by atoms with Gasteiger partial charge < -0.3 is 10.4 Å². The van der Waals surface area contributed by atoms with Gasteiger partial charge in [-0.05, 0) is 11.6 Å². The van der Waals surface area contributed by atoms with Crippen LogP contribution in [0.2, 0.25) is 5.02 Å². The molecule has 0 saturated heterocycles. The SMILES string of the molecule is O=[N+]([O-])c1ccc(CNCC(O)C(F)F)c(Cl)c1. The summed E-state index contributed by atoms with van der Waals surface area (Å²) in [7, 11) is 0. The van der Waals surface area contributed by atoms with Gasteiger partial charge in [-0.25, -0.2) is 8.78 Å². The molecular formula is C10H11ClF2N2O3. The summed E-state index contributed by atoms with van der Waals surface area (Å²) in [6.45, 7) is -0.147. The molecule has 1 atom stereocenters. The molecule has 0 spiro atoms. The van der Waals surface area contributed by atoms with E-state index in [4.69, 9.17) is 16.7 Å². The van der Waals surface area contributed by atoms with Crippen LogP contribution in [0.5, 0.6) is 0 Å². The number of benzene rings is 1. The normalized spacial score (nSPS) is 12.7. The highest BCUT2D eigenvalue weighted by molar-refractivity contribution is 6.31. The number of rotatable bonds is 6. The first-order chi connectivity index (χ1) is 8.41. The molecule has 1 rings (SSSR count). The average Bonchev–Trinajstić information content (AvgIpc) is 2.30. The zero-order valence-corrected chi connectivity index (χ0v) is 9.90. The fourth-order valence-corrected chi connectivity index (χ4v) is 1.48. The van der Waals surface area contributed by atoms with Crippen molar-refractivity contribution in [3.05, 3.63) is 38.9 Å². The Hall–Kier alpha value is -1.31. The first-order valence-corrected chi connectivity index (χ1v) is 5.39. The third kappa shape index (κ3) is 4.17. The van der Waals surface area contributed by atoms with Crippen molar-refractivity contribution < 1.29 is 18.8 Å². The molecule has 0 saturated carbocycles. The van der Waals surface area contributed by atoms with Crippen LogP contribution < -0.4 is 5.32 Å². The first-order valence-electron chi connectivity index (χ1n) is 5.01. The Bertz CT molecular complexity index is 432. The van der Waals surface area contributed by atoms with Gasteiger partial charge in [0.25, 0.3) is 12.1 Å². The molecule has 0 fully saturated rings. The smallest absolute Gasteiger partial charge is 0.270 e. The van der Waals surface area contributed by atoms with Gasteiger partial charge in [-0.2, -0.15) is 0 Å². The lowest BCUT2D eigenvalue weighted by atomic mass is 10.2. The Morgan fingerprint density at radius 3 is 2.67 bits per heavy atom. The molecule has 1 aromatic rings. The number of aliphatic hydroxyl groups excluding tert-OH is 1. The van der Waals surface area contributed by atoms with Crippen LogP contribution in [-0.2, 0) is 6.54 Å². The van der Waals surface area contributed by atoms with Crippen molar-refractivity contribution in [2.24, 2.45) is 0 Å². The molecule has 1 aromatic carbocycles. The summed E-state index contributed by atoms with van der Waals surface area (Å²) in [5.41, 5.74) is 0.389. The Morgan fingerprint density at radius 2 is 2.17 bits per heavy atom. The van der Waals surface area contributed by atoms with Crippen LogP contribution in [-0.4, -0.2) is 29.1 Å². The minimum atomic E-state index is -2.81. The summed E-state index contributed by atoms with van der Waals surface area (Å²) in [5, 5.41) is 22.1. The van der Waals surface area contributed by atoms with Crippen molar-refractivity contribution in [3.8, 4) is 0 Å². The second-order valence-electron chi connectivity index (χ2n) is 3.57. The number of aliphatic hydroxyl groups is 1. The second-order valence-corrected chi connectivity index (χ2v) is 3.97. The number of nitro groups is 1. The molecule has 2 N–H and O–H groups in total. The van der Waals surface area contributed by atoms with Gasteiger partial charge in [0, 0.05) is 25.2 Å². The second kappa shape index (κ2) is 6.58. The van der Waals surface area contributed by atoms with Crippen LogP contribution in [0.25, 0.3) is 0 Å². The van der Waals surface area contributed by atoms with Crippen molar-refractivity contribution in [2.75, 3.05) is 6.54 Å². The maximum absolute atomic E-state index is 12.0. The number of alkyl halides is 2. The maximum atomic E-state index is 12.0. The Morgan fingerprint density at radius 1 is 1.50 bits per heavy atom. The lowest BCUT2D eigenvalue weighted by Gasteiger charge is -2.11. The molecule has 0 radical (unpaired) electrons. The lowest BCUT2D eigenvalue weighted by Crippen LogP contribution is -2.31. The number of halogens is 3. The summed E-state index contributed by atoms with van der Waals surface area (Å²) in [6, 6.07) is 3.89. The van der Waals surface area contributed by atoms with Gasteiger partial charge in [0.05, 0.1) is 9.95 Å². The van der Waals surface area contributed by atoms with E-state index in [1.165, 1.54) is 18.2 Å². The summed E-state index contributed by atoms with van der Waals surface area (Å²) >= 11 is 5.80. The molecule has 100 valence electrons. The van der Waals surface area contributed by atoms with Gasteiger partial charge in [0.2, 0.25) is 0 Å². The first kappa shape index (κ1) is 14.7. The summed E-state index contributed by atoms with van der Waals surface area (Å²) in [5.74, 6) is 0. The van der Waals surface area contributed by atoms with E-state index in [2.05, 4.69) is 5.32 Å². The van der Waals surface area contributed by atoms with Crippen LogP contribution in [0.4, 0.5) is 14.5 Å². The number of hydrogen-bond donors (Lipinski definition) is 2. The van der Waals surface area contributed by atoms with Crippen LogP contribution >= 0.6 is 11.6 Å². The minimum absolute atomic E-state index is 0.139. The molecule has 0 aromatic heterocycles. The maximum Gasteiger partial charge on any atom is 0.270 e. The summed E-state index contributed by atoms with van der Waals surface area (Å²) in [6.07, 6.45) is -4.56. The van der Waals surface area contributed by atoms with Crippen molar-refractivity contribution in [1.29, 1.82) is 0 Å². The number of nitro benzene ring substituents is 1. The monoisotopic (exact) mass is 280 g/mol. The van der Waals surface area contributed by atoms with Crippen molar-refractivity contribution in [1.82, 2.24) is 5.32 Å². The molecule has 0 aliphatic carbocycles. The molecule has 0 heterocycles. The van der Waals surface area contributed by atoms with Crippen LogP contribution in [0.1, 0.15) is 5.56 Å². The largest absolute Gasteiger partial charge is 0.386 e. The van der Waals surface area contributed by atoms with E-state index in [-0.39, 0.29) is 23.8 Å². The predicted molar refractivity (Wildman–Crippen MR) is 61.8 cm³/mol. The molecule has 18 heavy (non-hydrogen) atoms. The van der Waals surface area contributed by atoms with Crippen LogP contribution in [0.15, 0.2) is 18.2 Å². The third-order valence-corrected chi connectivity index (χ3v) is 2.56. The fourth-order valence-electron chi connectivity index (χ4n) is 1.24. The fraction of sp³-hybridized carbons (Fsp3) is 0.400. The molecule has 0 bridgehead atoms. The lowest BCUT2D eigenvalue weighted by molar-refractivity contribution is -0.384. The van der Waals surface area contributed by atoms with E-state index in [1.54, 1.807) is 0 Å². The van der Waals surface area contributed by atoms with Crippen LogP contribution in [0, 0.1) is 10.1 Å². The van der Waals surface area contributed by atoms with Crippen LogP contribution in [0.3, 0.4) is 0 Å². The predicted octanol–water partition coefficient (Wildman–Crippen LogP) is 1.96. The quantitative estimate of drug-likeness (QED) is 0.617. The number of nitrogens with one attached hydrogen (secondary N) is 1. The van der Waals surface area contributed by atoms with Gasteiger partial charge in [0.1, 0.15) is 6.10 Å². The van der Waals surface area contributed by atoms with E-state index >= 15 is 0 Å². The molecule has 0 aliphatic heterocycles. The molecule has 8 heteroatoms. The van der Waals surface area contributed by atoms with Crippen molar-refractivity contribution >= 4 is 17.3 Å². The Kier molecular flexibility index (Phi) is 5.39. The molecule has 0 amide bonds. The highest BCUT2D eigenvalue weighted by atomic mass is 35.5. The van der Waals surface area contributed by atoms with Gasteiger partial charge >= 0.3 is 0 Å². The number of non-ortho nitro benzene ring substituents is 1. The Balaban J connectivity index is 2.56. The van der Waals surface area contributed by atoms with Gasteiger partial charge in [-0.15, -0.1) is 0 Å². The average molecular weight is 281 g/mol. The third-order valence-electron chi connectivity index (χ3n) is 2.21. The van der Waals surface area contributed by atoms with Crippen molar-refractivity contribution in [2.45, 2.75) is 19.1 Å². The minimum Gasteiger partial charge on any atom is -0.386 e. The van der Waals surface area contributed by atoms with Gasteiger partial charge in [-0.3, -0.25) is 10.1 Å². The number of hydrogen-bond acceptors (Lipinski definition) is 4. The van der Waals surface area contributed by atoms with Gasteiger partial charge in [-0.1, -0.05) is 11.6 Å². The highest BCUT2D eigenvalue weighted by Crippen LogP contribution is 2.22. The molecule has 1 unspecified atom stereocenters. The molecule has 5 nitrogen and oxygen atoms in total. The van der Waals surface area contributed by atoms with E-state index in [1.807, 2.05) is 0 Å².